The first-order valence-corrected chi connectivity index (χ1v) is 13.8. The molecular formula is C31H32Cl2Hf-2. The summed E-state index contributed by atoms with van der Waals surface area (Å²) >= 11 is 1.08. The monoisotopic (exact) mass is 654 g/mol. The molecule has 0 saturated carbocycles. The Hall–Kier alpha value is -1.41. The van der Waals surface area contributed by atoms with Crippen molar-refractivity contribution in [3.8, 4) is 0 Å². The molecule has 176 valence electrons. The molecule has 0 amide bonds. The Morgan fingerprint density at radius 1 is 0.765 bits per heavy atom. The molecule has 4 aliphatic rings. The summed E-state index contributed by atoms with van der Waals surface area (Å²) in [5.74, 6) is 0. The van der Waals surface area contributed by atoms with Gasteiger partial charge in [0, 0.05) is 0 Å². The van der Waals surface area contributed by atoms with E-state index in [0.717, 1.165) is 30.3 Å². The summed E-state index contributed by atoms with van der Waals surface area (Å²) in [6.45, 7) is 0. The van der Waals surface area contributed by atoms with Crippen molar-refractivity contribution in [3.63, 3.8) is 0 Å². The predicted molar refractivity (Wildman–Crippen MR) is 133 cm³/mol. The van der Waals surface area contributed by atoms with Crippen LogP contribution in [-0.2, 0) is 23.9 Å². The van der Waals surface area contributed by atoms with Crippen LogP contribution in [0.15, 0.2) is 101 Å². The maximum atomic E-state index is 2.99. The Labute approximate surface area is 233 Å². The second-order valence-corrected chi connectivity index (χ2v) is 10.5. The quantitative estimate of drug-likeness (QED) is 0.344. The first-order valence-electron chi connectivity index (χ1n) is 12.0. The fraction of sp³-hybridized carbons (Fsp3) is 0.290. The number of hydrogen-bond acceptors (Lipinski definition) is 0. The van der Waals surface area contributed by atoms with Gasteiger partial charge in [0.2, 0.25) is 0 Å². The third kappa shape index (κ3) is 8.08. The molecule has 0 atom stereocenters. The van der Waals surface area contributed by atoms with Gasteiger partial charge in [-0.05, 0) is 25.7 Å². The molecule has 0 unspecified atom stereocenters. The minimum atomic E-state index is 0. The molecule has 34 heavy (non-hydrogen) atoms. The molecule has 0 aliphatic heterocycles. The Kier molecular flexibility index (Phi) is 13.2. The molecule has 2 aromatic carbocycles. The molecule has 0 aromatic heterocycles. The molecule has 2 aromatic rings. The summed E-state index contributed by atoms with van der Waals surface area (Å²) < 4.78 is 1.46. The number of benzene rings is 2. The van der Waals surface area contributed by atoms with Crippen molar-refractivity contribution >= 4 is 3.26 Å². The van der Waals surface area contributed by atoms with Crippen molar-refractivity contribution < 1.29 is 48.7 Å². The van der Waals surface area contributed by atoms with Crippen LogP contribution < -0.4 is 24.8 Å². The molecule has 0 saturated heterocycles. The van der Waals surface area contributed by atoms with Crippen molar-refractivity contribution in [1.82, 2.24) is 0 Å². The number of allylic oxidation sites excluding steroid dienone is 8. The van der Waals surface area contributed by atoms with E-state index in [1.165, 1.54) is 65.7 Å². The van der Waals surface area contributed by atoms with Crippen LogP contribution in [0.2, 0.25) is 0 Å². The van der Waals surface area contributed by atoms with Gasteiger partial charge in [0.05, 0.1) is 0 Å². The Morgan fingerprint density at radius 2 is 1.38 bits per heavy atom. The summed E-state index contributed by atoms with van der Waals surface area (Å²) in [7, 11) is 0. The van der Waals surface area contributed by atoms with Gasteiger partial charge in [0.15, 0.2) is 0 Å². The zero-order valence-corrected chi connectivity index (χ0v) is 24.8. The first-order chi connectivity index (χ1) is 15.8. The van der Waals surface area contributed by atoms with Crippen LogP contribution in [0.4, 0.5) is 0 Å². The number of rotatable bonds is 2. The topological polar surface area (TPSA) is 0 Å². The molecule has 0 radical (unpaired) electrons. The van der Waals surface area contributed by atoms with Crippen LogP contribution in [0.25, 0.3) is 0 Å². The zero-order chi connectivity index (χ0) is 22.0. The molecule has 0 heterocycles. The summed E-state index contributed by atoms with van der Waals surface area (Å²) in [6, 6.07) is 21.2. The van der Waals surface area contributed by atoms with Gasteiger partial charge in [0.1, 0.15) is 0 Å². The normalized spacial score (nSPS) is 17.0. The average Bonchev–Trinajstić information content (AvgIpc) is 3.57. The average molecular weight is 654 g/mol. The summed E-state index contributed by atoms with van der Waals surface area (Å²) in [4.78, 5) is 0. The molecule has 0 spiro atoms. The second kappa shape index (κ2) is 15.6. The van der Waals surface area contributed by atoms with Crippen LogP contribution in [0.5, 0.6) is 0 Å². The number of hydrogen-bond donors (Lipinski definition) is 0. The molecule has 0 fully saturated rings. The van der Waals surface area contributed by atoms with Crippen molar-refractivity contribution in [2.75, 3.05) is 0 Å². The standard InChI is InChI=1S/C13H17.C13H10.C5H5.2ClH.Hf/c1-3-7-12-10(5-1)9-11-6-2-4-8-13(11)12;1-3-7-12(8-4-1)11-13-9-5-2-6-10-13;1-2-4-5-3-1;;;/h5H,1-4,6-9H2;1-10H;1-3H,4H2;2*1H;/q-1;;-1;;;+2/p-2. The van der Waals surface area contributed by atoms with Crippen molar-refractivity contribution in [2.24, 2.45) is 0 Å². The fourth-order valence-electron chi connectivity index (χ4n) is 4.84. The van der Waals surface area contributed by atoms with Gasteiger partial charge in [-0.25, -0.2) is 24.1 Å². The van der Waals surface area contributed by atoms with E-state index in [1.807, 2.05) is 12.2 Å². The van der Waals surface area contributed by atoms with Crippen LogP contribution >= 0.6 is 0 Å². The van der Waals surface area contributed by atoms with Gasteiger partial charge in [-0.1, -0.05) is 24.8 Å². The van der Waals surface area contributed by atoms with Gasteiger partial charge in [-0.2, -0.15) is 11.6 Å². The van der Waals surface area contributed by atoms with Crippen molar-refractivity contribution in [3.05, 3.63) is 125 Å². The second-order valence-electron chi connectivity index (χ2n) is 8.68. The number of halogens is 2. The molecular weight excluding hydrogens is 622 g/mol. The maximum absolute atomic E-state index is 2.99. The van der Waals surface area contributed by atoms with Crippen molar-refractivity contribution in [1.29, 1.82) is 0 Å². The molecule has 3 heteroatoms. The Balaban J connectivity index is 0.000000191. The van der Waals surface area contributed by atoms with Crippen LogP contribution in [0.1, 0.15) is 68.9 Å². The van der Waals surface area contributed by atoms with E-state index in [0.29, 0.717) is 0 Å². The van der Waals surface area contributed by atoms with Crippen LogP contribution in [0, 0.1) is 12.5 Å². The Bertz CT molecular complexity index is 948. The Morgan fingerprint density at radius 3 is 1.94 bits per heavy atom. The molecule has 0 nitrogen and oxygen atoms in total. The van der Waals surface area contributed by atoms with E-state index in [9.17, 15) is 0 Å². The van der Waals surface area contributed by atoms with Gasteiger partial charge < -0.3 is 24.8 Å². The van der Waals surface area contributed by atoms with E-state index in [1.54, 1.807) is 22.3 Å². The molecule has 0 N–H and O–H groups in total. The zero-order valence-electron chi connectivity index (χ0n) is 19.7. The first kappa shape index (κ1) is 28.8. The predicted octanol–water partition coefficient (Wildman–Crippen LogP) is 2.06. The summed E-state index contributed by atoms with van der Waals surface area (Å²) in [5.41, 5.74) is 9.77. The fourth-order valence-corrected chi connectivity index (χ4v) is 6.03. The SMILES string of the molecule is [C-]1=CC=CC1.[CH-]1CCCC2=C1CC1=C2CCCC1.[Cl-].[Cl-].[Hf+2]=[C](c1ccccc1)c1ccccc1. The summed E-state index contributed by atoms with van der Waals surface area (Å²) in [5, 5.41) is 0. The van der Waals surface area contributed by atoms with E-state index < -0.39 is 0 Å². The van der Waals surface area contributed by atoms with Gasteiger partial charge in [0.25, 0.3) is 0 Å². The van der Waals surface area contributed by atoms with Crippen molar-refractivity contribution in [2.45, 2.75) is 57.8 Å². The molecule has 6 rings (SSSR count). The third-order valence-corrected chi connectivity index (χ3v) is 8.54. The van der Waals surface area contributed by atoms with Crippen LogP contribution in [0.3, 0.4) is 0 Å². The molecule has 0 bridgehead atoms. The molecule has 4 aliphatic carbocycles. The summed E-state index contributed by atoms with van der Waals surface area (Å²) in [6.07, 6.45) is 23.6. The van der Waals surface area contributed by atoms with E-state index in [2.05, 4.69) is 79.2 Å². The third-order valence-electron chi connectivity index (χ3n) is 6.47. The van der Waals surface area contributed by atoms with E-state index in [-0.39, 0.29) is 24.8 Å². The van der Waals surface area contributed by atoms with Crippen LogP contribution in [-0.4, -0.2) is 3.26 Å². The number of fused-ring (bicyclic) bond motifs is 1. The van der Waals surface area contributed by atoms with Gasteiger partial charge in [-0.15, -0.1) is 18.4 Å². The van der Waals surface area contributed by atoms with E-state index in [4.69, 9.17) is 0 Å². The minimum absolute atomic E-state index is 0. The van der Waals surface area contributed by atoms with E-state index >= 15 is 0 Å². The van der Waals surface area contributed by atoms with Gasteiger partial charge in [-0.3, -0.25) is 6.08 Å². The van der Waals surface area contributed by atoms with Gasteiger partial charge >= 0.3 is 98.9 Å².